The Morgan fingerprint density at radius 1 is 1.14 bits per heavy atom. The summed E-state index contributed by atoms with van der Waals surface area (Å²) in [6, 6.07) is 11.6. The Bertz CT molecular complexity index is 1110. The highest BCUT2D eigenvalue weighted by atomic mass is 19.1. The summed E-state index contributed by atoms with van der Waals surface area (Å²) in [5, 5.41) is 18.5. The third-order valence-corrected chi connectivity index (χ3v) is 6.28. The van der Waals surface area contributed by atoms with Gasteiger partial charge in [-0.1, -0.05) is 12.1 Å². The zero-order valence-electron chi connectivity index (χ0n) is 19.6. The molecule has 0 spiro atoms. The van der Waals surface area contributed by atoms with Crippen LogP contribution >= 0.6 is 0 Å². The molecule has 2 amide bonds. The van der Waals surface area contributed by atoms with Crippen LogP contribution in [0, 0.1) is 5.82 Å². The van der Waals surface area contributed by atoms with Crippen molar-refractivity contribution < 1.29 is 33.7 Å². The quantitative estimate of drug-likeness (QED) is 0.565. The Morgan fingerprint density at radius 3 is 2.49 bits per heavy atom. The van der Waals surface area contributed by atoms with Gasteiger partial charge in [-0.2, -0.15) is 0 Å². The second-order valence-corrected chi connectivity index (χ2v) is 8.63. The number of aliphatic hydroxyl groups excluding tert-OH is 1. The van der Waals surface area contributed by atoms with E-state index in [0.29, 0.717) is 29.1 Å². The molecule has 0 unspecified atom stereocenters. The Morgan fingerprint density at radius 2 is 1.86 bits per heavy atom. The number of carbonyl (C=O) groups is 2. The first kappa shape index (κ1) is 24.5. The molecule has 1 fully saturated rings. The highest BCUT2D eigenvalue weighted by Gasteiger charge is 2.37. The third-order valence-electron chi connectivity index (χ3n) is 6.28. The lowest BCUT2D eigenvalue weighted by molar-refractivity contribution is -0.128. The van der Waals surface area contributed by atoms with Crippen molar-refractivity contribution in [1.82, 2.24) is 9.80 Å². The number of nitrogens with zero attached hydrogens (tertiary/aromatic N) is 2. The van der Waals surface area contributed by atoms with E-state index in [1.54, 1.807) is 23.1 Å². The molecular formula is C26H29FN2O6. The van der Waals surface area contributed by atoms with Crippen molar-refractivity contribution in [2.45, 2.75) is 31.8 Å². The molecule has 1 aliphatic carbocycles. The Kier molecular flexibility index (Phi) is 7.55. The highest BCUT2D eigenvalue weighted by molar-refractivity contribution is 6.03. The number of carbonyl (C=O) groups excluding carboxylic acids is 1. The molecule has 8 nitrogen and oxygen atoms in total. The molecule has 0 radical (unpaired) electrons. The number of hydrogen-bond acceptors (Lipinski definition) is 5. The van der Waals surface area contributed by atoms with Crippen molar-refractivity contribution in [2.75, 3.05) is 33.4 Å². The van der Waals surface area contributed by atoms with Gasteiger partial charge < -0.3 is 29.5 Å². The normalized spacial score (nSPS) is 15.7. The fourth-order valence-electron chi connectivity index (χ4n) is 4.27. The van der Waals surface area contributed by atoms with Crippen molar-refractivity contribution in [2.24, 2.45) is 0 Å². The molecule has 0 atom stereocenters. The van der Waals surface area contributed by atoms with E-state index >= 15 is 0 Å². The summed E-state index contributed by atoms with van der Waals surface area (Å²) in [4.78, 5) is 28.4. The van der Waals surface area contributed by atoms with Gasteiger partial charge in [-0.25, -0.2) is 9.18 Å². The van der Waals surface area contributed by atoms with Crippen molar-refractivity contribution >= 4 is 17.6 Å². The maximum absolute atomic E-state index is 14.6. The monoisotopic (exact) mass is 484 g/mol. The maximum Gasteiger partial charge on any atom is 0.407 e. The van der Waals surface area contributed by atoms with E-state index in [0.717, 1.165) is 24.0 Å². The predicted octanol–water partition coefficient (Wildman–Crippen LogP) is 3.53. The molecule has 2 aromatic rings. The highest BCUT2D eigenvalue weighted by Crippen LogP contribution is 2.35. The van der Waals surface area contributed by atoms with Gasteiger partial charge in [0.15, 0.2) is 0 Å². The van der Waals surface area contributed by atoms with Gasteiger partial charge >= 0.3 is 6.09 Å². The van der Waals surface area contributed by atoms with Gasteiger partial charge in [-0.15, -0.1) is 0 Å². The lowest BCUT2D eigenvalue weighted by Crippen LogP contribution is -2.42. The zero-order valence-corrected chi connectivity index (χ0v) is 19.6. The van der Waals surface area contributed by atoms with E-state index in [1.165, 1.54) is 24.1 Å². The number of ether oxygens (including phenoxy) is 2. The Labute approximate surface area is 203 Å². The molecule has 1 saturated carbocycles. The summed E-state index contributed by atoms with van der Waals surface area (Å²) in [6.45, 7) is 0.399. The molecule has 9 heteroatoms. The molecule has 2 aliphatic rings. The first-order chi connectivity index (χ1) is 16.9. The van der Waals surface area contributed by atoms with E-state index in [-0.39, 0.29) is 44.8 Å². The van der Waals surface area contributed by atoms with Crippen LogP contribution in [0.15, 0.2) is 48.0 Å². The van der Waals surface area contributed by atoms with Crippen LogP contribution in [0.2, 0.25) is 0 Å². The van der Waals surface area contributed by atoms with Gasteiger partial charge in [0.25, 0.3) is 5.91 Å². The number of carboxylic acid groups (broad SMARTS) is 1. The molecule has 1 aliphatic heterocycles. The lowest BCUT2D eigenvalue weighted by atomic mass is 9.92. The van der Waals surface area contributed by atoms with E-state index in [2.05, 4.69) is 0 Å². The van der Waals surface area contributed by atoms with Crippen LogP contribution < -0.4 is 9.47 Å². The SMILES string of the molecule is COc1ccc(F)c(CN(C(=O)C2=C(c3ccc(OCCO)cc3)CCN(C(=O)O)C2)C2CC2)c1. The number of hydrogen-bond donors (Lipinski definition) is 2. The molecular weight excluding hydrogens is 455 g/mol. The summed E-state index contributed by atoms with van der Waals surface area (Å²) in [5.74, 6) is 0.388. The van der Waals surface area contributed by atoms with E-state index in [1.807, 2.05) is 12.1 Å². The Hall–Kier alpha value is -3.59. The first-order valence-electron chi connectivity index (χ1n) is 11.6. The molecule has 186 valence electrons. The second kappa shape index (κ2) is 10.8. The second-order valence-electron chi connectivity index (χ2n) is 8.63. The summed E-state index contributed by atoms with van der Waals surface area (Å²) >= 11 is 0. The number of amides is 2. The summed E-state index contributed by atoms with van der Waals surface area (Å²) in [7, 11) is 1.50. The Balaban J connectivity index is 1.67. The summed E-state index contributed by atoms with van der Waals surface area (Å²) in [6.07, 6.45) is 0.939. The van der Waals surface area contributed by atoms with Crippen LogP contribution in [0.1, 0.15) is 30.4 Å². The molecule has 0 aromatic heterocycles. The average Bonchev–Trinajstić information content (AvgIpc) is 3.72. The molecule has 0 saturated heterocycles. The van der Waals surface area contributed by atoms with Crippen LogP contribution in [-0.2, 0) is 11.3 Å². The van der Waals surface area contributed by atoms with Gasteiger partial charge in [0.1, 0.15) is 23.9 Å². The fourth-order valence-corrected chi connectivity index (χ4v) is 4.27. The van der Waals surface area contributed by atoms with E-state index < -0.39 is 11.9 Å². The maximum atomic E-state index is 14.6. The van der Waals surface area contributed by atoms with Crippen molar-refractivity contribution in [3.05, 3.63) is 65.0 Å². The van der Waals surface area contributed by atoms with Gasteiger partial charge in [0.05, 0.1) is 20.3 Å². The van der Waals surface area contributed by atoms with Gasteiger partial charge in [-0.05, 0) is 60.7 Å². The minimum atomic E-state index is -1.08. The average molecular weight is 485 g/mol. The lowest BCUT2D eigenvalue weighted by Gasteiger charge is -2.32. The van der Waals surface area contributed by atoms with Gasteiger partial charge in [0.2, 0.25) is 0 Å². The largest absolute Gasteiger partial charge is 0.497 e. The molecule has 0 bridgehead atoms. The van der Waals surface area contributed by atoms with E-state index in [9.17, 15) is 19.1 Å². The van der Waals surface area contributed by atoms with Gasteiger partial charge in [-0.3, -0.25) is 4.79 Å². The standard InChI is InChI=1S/C26H29FN2O6/c1-34-21-8-9-24(27)18(14-21)15-29(19-4-5-19)25(31)23-16-28(26(32)33)11-10-22(23)17-2-6-20(7-3-17)35-13-12-30/h2-3,6-9,14,19,30H,4-5,10-13,15-16H2,1H3,(H,32,33). The molecule has 1 heterocycles. The minimum Gasteiger partial charge on any atom is -0.497 e. The van der Waals surface area contributed by atoms with Gasteiger partial charge in [0, 0.05) is 30.3 Å². The number of benzene rings is 2. The number of aliphatic hydroxyl groups is 1. The molecule has 2 aromatic carbocycles. The zero-order chi connectivity index (χ0) is 24.9. The smallest absolute Gasteiger partial charge is 0.407 e. The number of rotatable bonds is 9. The molecule has 35 heavy (non-hydrogen) atoms. The number of methoxy groups -OCH3 is 1. The fraction of sp³-hybridized carbons (Fsp3) is 0.385. The van der Waals surface area contributed by atoms with Crippen molar-refractivity contribution in [3.8, 4) is 11.5 Å². The van der Waals surface area contributed by atoms with Crippen molar-refractivity contribution in [1.29, 1.82) is 0 Å². The van der Waals surface area contributed by atoms with Crippen molar-refractivity contribution in [3.63, 3.8) is 0 Å². The summed E-state index contributed by atoms with van der Waals surface area (Å²) in [5.41, 5.74) is 2.33. The summed E-state index contributed by atoms with van der Waals surface area (Å²) < 4.78 is 25.2. The first-order valence-corrected chi connectivity index (χ1v) is 11.6. The molecule has 2 N–H and O–H groups in total. The van der Waals surface area contributed by atoms with Crippen LogP contribution in [-0.4, -0.2) is 71.5 Å². The van der Waals surface area contributed by atoms with Crippen LogP contribution in [0.25, 0.3) is 5.57 Å². The van der Waals surface area contributed by atoms with Crippen LogP contribution in [0.3, 0.4) is 0 Å². The third kappa shape index (κ3) is 5.74. The van der Waals surface area contributed by atoms with E-state index in [4.69, 9.17) is 14.6 Å². The predicted molar refractivity (Wildman–Crippen MR) is 127 cm³/mol. The number of halogens is 1. The van der Waals surface area contributed by atoms with Crippen LogP contribution in [0.4, 0.5) is 9.18 Å². The molecule has 4 rings (SSSR count). The van der Waals surface area contributed by atoms with Crippen LogP contribution in [0.5, 0.6) is 11.5 Å². The topological polar surface area (TPSA) is 99.5 Å². The minimum absolute atomic E-state index is 0.0173.